The van der Waals surface area contributed by atoms with Crippen molar-refractivity contribution in [1.29, 1.82) is 0 Å². The Morgan fingerprint density at radius 3 is 2.16 bits per heavy atom. The molecule has 0 heterocycles. The van der Waals surface area contributed by atoms with Crippen LogP contribution in [0.5, 0.6) is 0 Å². The Balaban J connectivity index is 2.92. The van der Waals surface area contributed by atoms with Crippen LogP contribution in [0.2, 0.25) is 0 Å². The fourth-order valence-corrected chi connectivity index (χ4v) is 1.19. The fraction of sp³-hybridized carbons (Fsp3) is 0.273. The third-order valence-corrected chi connectivity index (χ3v) is 1.98. The largest absolute Gasteiger partial charge is 0.471 e. The van der Waals surface area contributed by atoms with E-state index < -0.39 is 30.1 Å². The molecule has 0 fully saturated rings. The number of esters is 1. The quantitative estimate of drug-likeness (QED) is 0.523. The Hall–Kier alpha value is -2.12. The van der Waals surface area contributed by atoms with Crippen molar-refractivity contribution in [2.75, 3.05) is 0 Å². The van der Waals surface area contributed by atoms with Crippen LogP contribution in [0, 0.1) is 5.82 Å². The maximum atomic E-state index is 12.7. The van der Waals surface area contributed by atoms with E-state index in [0.717, 1.165) is 31.2 Å². The molecule has 19 heavy (non-hydrogen) atoms. The molecule has 1 aromatic rings. The van der Waals surface area contributed by atoms with Crippen LogP contribution in [0.1, 0.15) is 18.7 Å². The maximum Gasteiger partial charge on any atom is 0.471 e. The van der Waals surface area contributed by atoms with Crippen LogP contribution in [0.15, 0.2) is 24.3 Å². The standard InChI is InChI=1S/C11H9F4NO3/c1-6(17)19-9(16-10(18)11(13,14)15)7-2-4-8(12)5-3-7/h2-5,9H,1H3,(H,16,18)/t9-/m0/s1. The molecule has 0 aromatic heterocycles. The molecule has 8 heteroatoms. The first kappa shape index (κ1) is 14.9. The van der Waals surface area contributed by atoms with Gasteiger partial charge in [0.15, 0.2) is 0 Å². The van der Waals surface area contributed by atoms with Crippen molar-refractivity contribution in [2.45, 2.75) is 19.3 Å². The molecule has 1 aromatic carbocycles. The third-order valence-electron chi connectivity index (χ3n) is 1.98. The summed E-state index contributed by atoms with van der Waals surface area (Å²) in [6.45, 7) is 0.969. The zero-order valence-corrected chi connectivity index (χ0v) is 9.62. The molecule has 1 rings (SSSR count). The van der Waals surface area contributed by atoms with Gasteiger partial charge in [-0.1, -0.05) is 12.1 Å². The highest BCUT2D eigenvalue weighted by Crippen LogP contribution is 2.20. The minimum absolute atomic E-state index is 0.00852. The summed E-state index contributed by atoms with van der Waals surface area (Å²) in [5, 5.41) is 1.49. The lowest BCUT2D eigenvalue weighted by Gasteiger charge is -2.19. The van der Waals surface area contributed by atoms with Crippen LogP contribution in [0.3, 0.4) is 0 Å². The highest BCUT2D eigenvalue weighted by molar-refractivity contribution is 5.82. The van der Waals surface area contributed by atoms with Gasteiger partial charge in [-0.2, -0.15) is 13.2 Å². The summed E-state index contributed by atoms with van der Waals surface area (Å²) in [6, 6.07) is 4.12. The molecule has 0 bridgehead atoms. The summed E-state index contributed by atoms with van der Waals surface area (Å²) >= 11 is 0. The van der Waals surface area contributed by atoms with Gasteiger partial charge in [0.05, 0.1) is 0 Å². The molecule has 0 spiro atoms. The first-order valence-electron chi connectivity index (χ1n) is 5.00. The van der Waals surface area contributed by atoms with E-state index in [2.05, 4.69) is 4.74 Å². The van der Waals surface area contributed by atoms with Gasteiger partial charge in [0.25, 0.3) is 0 Å². The molecule has 104 valence electrons. The van der Waals surface area contributed by atoms with Crippen molar-refractivity contribution < 1.29 is 31.9 Å². The molecule has 0 aliphatic carbocycles. The molecule has 0 saturated carbocycles. The Kier molecular flexibility index (Phi) is 4.47. The number of halogens is 4. The second kappa shape index (κ2) is 5.68. The smallest absolute Gasteiger partial charge is 0.437 e. The number of nitrogens with one attached hydrogen (secondary N) is 1. The minimum atomic E-state index is -5.11. The molecule has 0 saturated heterocycles. The van der Waals surface area contributed by atoms with Gasteiger partial charge < -0.3 is 10.1 Å². The molecule has 1 atom stereocenters. The van der Waals surface area contributed by atoms with Crippen molar-refractivity contribution in [3.63, 3.8) is 0 Å². The van der Waals surface area contributed by atoms with Gasteiger partial charge in [-0.25, -0.2) is 4.39 Å². The number of hydrogen-bond donors (Lipinski definition) is 1. The van der Waals surface area contributed by atoms with Gasteiger partial charge in [-0.15, -0.1) is 0 Å². The van der Waals surface area contributed by atoms with E-state index in [1.807, 2.05) is 0 Å². The van der Waals surface area contributed by atoms with E-state index in [4.69, 9.17) is 0 Å². The van der Waals surface area contributed by atoms with Crippen molar-refractivity contribution in [2.24, 2.45) is 0 Å². The van der Waals surface area contributed by atoms with Crippen LogP contribution in [-0.4, -0.2) is 18.1 Å². The van der Waals surface area contributed by atoms with Gasteiger partial charge >= 0.3 is 18.1 Å². The normalized spacial score (nSPS) is 12.7. The van der Waals surface area contributed by atoms with Crippen molar-refractivity contribution in [1.82, 2.24) is 5.32 Å². The molecule has 1 N–H and O–H groups in total. The maximum absolute atomic E-state index is 12.7. The van der Waals surface area contributed by atoms with E-state index >= 15 is 0 Å². The predicted octanol–water partition coefficient (Wildman–Crippen LogP) is 2.07. The van der Waals surface area contributed by atoms with E-state index in [0.29, 0.717) is 0 Å². The number of amides is 1. The van der Waals surface area contributed by atoms with Gasteiger partial charge in [0.1, 0.15) is 5.82 Å². The SMILES string of the molecule is CC(=O)O[C@H](NC(=O)C(F)(F)F)c1ccc(F)cc1. The molecule has 0 aliphatic rings. The summed E-state index contributed by atoms with van der Waals surface area (Å²) in [7, 11) is 0. The van der Waals surface area contributed by atoms with E-state index in [9.17, 15) is 27.2 Å². The summed E-state index contributed by atoms with van der Waals surface area (Å²) < 4.78 is 53.6. The lowest BCUT2D eigenvalue weighted by Crippen LogP contribution is -2.40. The first-order valence-corrected chi connectivity index (χ1v) is 5.00. The number of alkyl halides is 3. The molecular formula is C11H9F4NO3. The average Bonchev–Trinajstić information content (AvgIpc) is 2.27. The molecule has 4 nitrogen and oxygen atoms in total. The van der Waals surface area contributed by atoms with E-state index in [1.165, 1.54) is 5.32 Å². The van der Waals surface area contributed by atoms with Gasteiger partial charge in [0, 0.05) is 12.5 Å². The van der Waals surface area contributed by atoms with Crippen molar-refractivity contribution >= 4 is 11.9 Å². The number of carbonyl (C=O) groups excluding carboxylic acids is 2. The Labute approximate surface area is 105 Å². The number of rotatable bonds is 3. The van der Waals surface area contributed by atoms with Crippen LogP contribution < -0.4 is 5.32 Å². The monoisotopic (exact) mass is 279 g/mol. The number of hydrogen-bond acceptors (Lipinski definition) is 3. The van der Waals surface area contributed by atoms with Crippen LogP contribution in [-0.2, 0) is 14.3 Å². The van der Waals surface area contributed by atoms with E-state index in [-0.39, 0.29) is 5.56 Å². The minimum Gasteiger partial charge on any atom is -0.437 e. The highest BCUT2D eigenvalue weighted by Gasteiger charge is 2.40. The Morgan fingerprint density at radius 1 is 1.21 bits per heavy atom. The molecule has 0 radical (unpaired) electrons. The predicted molar refractivity (Wildman–Crippen MR) is 55.1 cm³/mol. The molecule has 0 unspecified atom stereocenters. The summed E-state index contributed by atoms with van der Waals surface area (Å²) in [5.74, 6) is -3.77. The highest BCUT2D eigenvalue weighted by atomic mass is 19.4. The zero-order chi connectivity index (χ0) is 14.6. The number of ether oxygens (including phenoxy) is 1. The van der Waals surface area contributed by atoms with Crippen molar-refractivity contribution in [3.05, 3.63) is 35.6 Å². The summed E-state index contributed by atoms with van der Waals surface area (Å²) in [5.41, 5.74) is 0.00852. The second-order valence-electron chi connectivity index (χ2n) is 3.51. The topological polar surface area (TPSA) is 55.4 Å². The Morgan fingerprint density at radius 2 is 1.74 bits per heavy atom. The average molecular weight is 279 g/mol. The third kappa shape index (κ3) is 4.57. The lowest BCUT2D eigenvalue weighted by atomic mass is 10.2. The molecule has 0 aliphatic heterocycles. The summed E-state index contributed by atoms with van der Waals surface area (Å²) in [4.78, 5) is 21.6. The van der Waals surface area contributed by atoms with Gasteiger partial charge in [0.2, 0.25) is 6.23 Å². The second-order valence-corrected chi connectivity index (χ2v) is 3.51. The lowest BCUT2D eigenvalue weighted by molar-refractivity contribution is -0.179. The first-order chi connectivity index (χ1) is 8.70. The number of benzene rings is 1. The van der Waals surface area contributed by atoms with Crippen molar-refractivity contribution in [3.8, 4) is 0 Å². The number of carbonyl (C=O) groups is 2. The molecular weight excluding hydrogens is 270 g/mol. The van der Waals surface area contributed by atoms with Crippen LogP contribution >= 0.6 is 0 Å². The van der Waals surface area contributed by atoms with Crippen LogP contribution in [0.25, 0.3) is 0 Å². The van der Waals surface area contributed by atoms with E-state index in [1.54, 1.807) is 0 Å². The van der Waals surface area contributed by atoms with Crippen LogP contribution in [0.4, 0.5) is 17.6 Å². The summed E-state index contributed by atoms with van der Waals surface area (Å²) in [6.07, 6.45) is -6.74. The zero-order valence-electron chi connectivity index (χ0n) is 9.62. The molecule has 1 amide bonds. The van der Waals surface area contributed by atoms with Gasteiger partial charge in [-0.3, -0.25) is 9.59 Å². The fourth-order valence-electron chi connectivity index (χ4n) is 1.19. The Bertz CT molecular complexity index is 470. The van der Waals surface area contributed by atoms with Gasteiger partial charge in [-0.05, 0) is 12.1 Å².